The summed E-state index contributed by atoms with van der Waals surface area (Å²) in [6.45, 7) is 7.74. The van der Waals surface area contributed by atoms with E-state index in [4.69, 9.17) is 4.74 Å². The van der Waals surface area contributed by atoms with Gasteiger partial charge in [-0.3, -0.25) is 0 Å². The van der Waals surface area contributed by atoms with Crippen molar-refractivity contribution in [3.63, 3.8) is 0 Å². The largest absolute Gasteiger partial charge is 0.496 e. The van der Waals surface area contributed by atoms with Crippen molar-refractivity contribution in [2.45, 2.75) is 65.3 Å². The minimum Gasteiger partial charge on any atom is -0.496 e. The first kappa shape index (κ1) is 17.0. The SMILES string of the molecule is CCCCCC(Cc1cc(C)ccc1OC)NCCC. The van der Waals surface area contributed by atoms with Crippen molar-refractivity contribution < 1.29 is 4.74 Å². The van der Waals surface area contributed by atoms with Gasteiger partial charge in [0.2, 0.25) is 0 Å². The van der Waals surface area contributed by atoms with Crippen molar-refractivity contribution >= 4 is 0 Å². The van der Waals surface area contributed by atoms with Crippen molar-refractivity contribution in [3.05, 3.63) is 29.3 Å². The second-order valence-corrected chi connectivity index (χ2v) is 5.67. The summed E-state index contributed by atoms with van der Waals surface area (Å²) in [5.41, 5.74) is 2.64. The Hall–Kier alpha value is -1.02. The van der Waals surface area contributed by atoms with E-state index in [1.807, 2.05) is 0 Å². The fraction of sp³-hybridized carbons (Fsp3) is 0.667. The number of rotatable bonds is 10. The predicted molar refractivity (Wildman–Crippen MR) is 87.7 cm³/mol. The molecule has 0 bridgehead atoms. The molecule has 1 unspecified atom stereocenters. The summed E-state index contributed by atoms with van der Waals surface area (Å²) in [4.78, 5) is 0. The van der Waals surface area contributed by atoms with Crippen LogP contribution in [0.1, 0.15) is 57.1 Å². The van der Waals surface area contributed by atoms with Gasteiger partial charge in [-0.2, -0.15) is 0 Å². The van der Waals surface area contributed by atoms with Crippen LogP contribution < -0.4 is 10.1 Å². The van der Waals surface area contributed by atoms with Crippen LogP contribution in [0.4, 0.5) is 0 Å². The zero-order valence-electron chi connectivity index (χ0n) is 13.7. The van der Waals surface area contributed by atoms with Gasteiger partial charge in [0, 0.05) is 6.04 Å². The first-order chi connectivity index (χ1) is 9.71. The third-order valence-electron chi connectivity index (χ3n) is 3.74. The van der Waals surface area contributed by atoms with Crippen LogP contribution in [0.25, 0.3) is 0 Å². The van der Waals surface area contributed by atoms with Crippen LogP contribution in [0.2, 0.25) is 0 Å². The second-order valence-electron chi connectivity index (χ2n) is 5.67. The first-order valence-electron chi connectivity index (χ1n) is 8.08. The molecule has 1 rings (SSSR count). The zero-order valence-corrected chi connectivity index (χ0v) is 13.7. The molecule has 0 heterocycles. The normalized spacial score (nSPS) is 12.4. The Kier molecular flexibility index (Phi) is 8.36. The molecule has 1 atom stereocenters. The number of methoxy groups -OCH3 is 1. The first-order valence-corrected chi connectivity index (χ1v) is 8.08. The van der Waals surface area contributed by atoms with Gasteiger partial charge in [-0.25, -0.2) is 0 Å². The molecule has 0 amide bonds. The molecule has 0 fully saturated rings. The molecular formula is C18H31NO. The van der Waals surface area contributed by atoms with Crippen LogP contribution in [0, 0.1) is 6.92 Å². The minimum absolute atomic E-state index is 0.567. The molecule has 2 nitrogen and oxygen atoms in total. The average Bonchev–Trinajstić information content (AvgIpc) is 2.45. The van der Waals surface area contributed by atoms with E-state index in [0.29, 0.717) is 6.04 Å². The van der Waals surface area contributed by atoms with Gasteiger partial charge in [0.25, 0.3) is 0 Å². The molecule has 0 aliphatic heterocycles. The van der Waals surface area contributed by atoms with Gasteiger partial charge in [-0.15, -0.1) is 0 Å². The lowest BCUT2D eigenvalue weighted by atomic mass is 9.98. The number of hydrogen-bond acceptors (Lipinski definition) is 2. The highest BCUT2D eigenvalue weighted by Gasteiger charge is 2.12. The van der Waals surface area contributed by atoms with Crippen molar-refractivity contribution in [1.82, 2.24) is 5.32 Å². The molecule has 0 saturated carbocycles. The van der Waals surface area contributed by atoms with E-state index < -0.39 is 0 Å². The Morgan fingerprint density at radius 1 is 1.15 bits per heavy atom. The van der Waals surface area contributed by atoms with Gasteiger partial charge >= 0.3 is 0 Å². The Balaban J connectivity index is 2.68. The van der Waals surface area contributed by atoms with E-state index >= 15 is 0 Å². The lowest BCUT2D eigenvalue weighted by molar-refractivity contribution is 0.400. The van der Waals surface area contributed by atoms with Crippen LogP contribution in [0.15, 0.2) is 18.2 Å². The Morgan fingerprint density at radius 2 is 1.95 bits per heavy atom. The highest BCUT2D eigenvalue weighted by atomic mass is 16.5. The molecule has 1 aromatic rings. The lowest BCUT2D eigenvalue weighted by Crippen LogP contribution is -2.32. The average molecular weight is 277 g/mol. The molecule has 0 radical (unpaired) electrons. The van der Waals surface area contributed by atoms with E-state index in [9.17, 15) is 0 Å². The molecular weight excluding hydrogens is 246 g/mol. The molecule has 0 spiro atoms. The highest BCUT2D eigenvalue weighted by Crippen LogP contribution is 2.22. The summed E-state index contributed by atoms with van der Waals surface area (Å²) >= 11 is 0. The summed E-state index contributed by atoms with van der Waals surface area (Å²) in [6.07, 6.45) is 7.43. The molecule has 1 aromatic carbocycles. The predicted octanol–water partition coefficient (Wildman–Crippen LogP) is 4.49. The molecule has 0 aliphatic carbocycles. The maximum Gasteiger partial charge on any atom is 0.122 e. The van der Waals surface area contributed by atoms with Crippen LogP contribution in [-0.2, 0) is 6.42 Å². The van der Waals surface area contributed by atoms with Gasteiger partial charge in [0.1, 0.15) is 5.75 Å². The summed E-state index contributed by atoms with van der Waals surface area (Å²) in [5, 5.41) is 3.69. The van der Waals surface area contributed by atoms with Crippen LogP contribution in [0.3, 0.4) is 0 Å². The fourth-order valence-corrected chi connectivity index (χ4v) is 2.60. The second kappa shape index (κ2) is 9.82. The van der Waals surface area contributed by atoms with Gasteiger partial charge < -0.3 is 10.1 Å². The van der Waals surface area contributed by atoms with Crippen LogP contribution >= 0.6 is 0 Å². The molecule has 2 heteroatoms. The molecule has 0 saturated heterocycles. The molecule has 20 heavy (non-hydrogen) atoms. The molecule has 0 aliphatic rings. The Morgan fingerprint density at radius 3 is 2.60 bits per heavy atom. The third kappa shape index (κ3) is 5.96. The van der Waals surface area contributed by atoms with Crippen molar-refractivity contribution in [1.29, 1.82) is 0 Å². The number of ether oxygens (including phenoxy) is 1. The van der Waals surface area contributed by atoms with Crippen LogP contribution in [-0.4, -0.2) is 19.7 Å². The molecule has 114 valence electrons. The van der Waals surface area contributed by atoms with Gasteiger partial charge in [0.05, 0.1) is 7.11 Å². The molecule has 0 aromatic heterocycles. The van der Waals surface area contributed by atoms with E-state index in [0.717, 1.165) is 18.7 Å². The molecule has 1 N–H and O–H groups in total. The quantitative estimate of drug-likeness (QED) is 0.636. The Bertz CT molecular complexity index is 376. The number of aryl methyl sites for hydroxylation is 1. The Labute approximate surface area is 124 Å². The van der Waals surface area contributed by atoms with Crippen molar-refractivity contribution in [2.24, 2.45) is 0 Å². The zero-order chi connectivity index (χ0) is 14.8. The van der Waals surface area contributed by atoms with Crippen LogP contribution in [0.5, 0.6) is 5.75 Å². The fourth-order valence-electron chi connectivity index (χ4n) is 2.60. The summed E-state index contributed by atoms with van der Waals surface area (Å²) in [5.74, 6) is 1.02. The van der Waals surface area contributed by atoms with Gasteiger partial charge in [0.15, 0.2) is 0 Å². The minimum atomic E-state index is 0.567. The van der Waals surface area contributed by atoms with Gasteiger partial charge in [-0.05, 0) is 44.4 Å². The van der Waals surface area contributed by atoms with E-state index in [1.165, 1.54) is 43.2 Å². The monoisotopic (exact) mass is 277 g/mol. The van der Waals surface area contributed by atoms with E-state index in [2.05, 4.69) is 44.3 Å². The maximum absolute atomic E-state index is 5.50. The number of nitrogens with one attached hydrogen (secondary N) is 1. The maximum atomic E-state index is 5.50. The third-order valence-corrected chi connectivity index (χ3v) is 3.74. The van der Waals surface area contributed by atoms with E-state index in [-0.39, 0.29) is 0 Å². The number of unbranched alkanes of at least 4 members (excludes halogenated alkanes) is 2. The summed E-state index contributed by atoms with van der Waals surface area (Å²) in [7, 11) is 1.76. The number of benzene rings is 1. The van der Waals surface area contributed by atoms with Crippen molar-refractivity contribution in [2.75, 3.05) is 13.7 Å². The smallest absolute Gasteiger partial charge is 0.122 e. The van der Waals surface area contributed by atoms with Crippen molar-refractivity contribution in [3.8, 4) is 5.75 Å². The topological polar surface area (TPSA) is 21.3 Å². The number of hydrogen-bond donors (Lipinski definition) is 1. The lowest BCUT2D eigenvalue weighted by Gasteiger charge is -2.20. The standard InChI is InChI=1S/C18H31NO/c1-5-7-8-9-17(19-12-6-2)14-16-13-15(3)10-11-18(16)20-4/h10-11,13,17,19H,5-9,12,14H2,1-4H3. The summed E-state index contributed by atoms with van der Waals surface area (Å²) in [6, 6.07) is 7.04. The highest BCUT2D eigenvalue weighted by molar-refractivity contribution is 5.37. The van der Waals surface area contributed by atoms with Gasteiger partial charge in [-0.1, -0.05) is 50.8 Å². The van der Waals surface area contributed by atoms with E-state index in [1.54, 1.807) is 7.11 Å². The summed E-state index contributed by atoms with van der Waals surface area (Å²) < 4.78 is 5.50.